The highest BCUT2D eigenvalue weighted by atomic mass is 16.6. The van der Waals surface area contributed by atoms with Crippen molar-refractivity contribution in [2.75, 3.05) is 6.54 Å². The van der Waals surface area contributed by atoms with E-state index in [2.05, 4.69) is 19.2 Å². The SMILES string of the molecule is CCCC[C@H](CC)C(=O)O[C@@H](C)CNC(=O)[C@@H](C)OC(=O)[C@@H](CC)CCCC. The minimum Gasteiger partial charge on any atom is -0.461 e. The molecule has 0 unspecified atom stereocenters. The largest absolute Gasteiger partial charge is 0.461 e. The standard InChI is InChI=1S/C22H41NO5/c1-7-11-13-18(9-3)21(25)27-16(5)15-23-20(24)17(6)28-22(26)19(10-4)14-12-8-2/h16-19H,7-15H2,1-6H3,(H,23,24)/t16-,17+,18-,19-/m0/s1. The van der Waals surface area contributed by atoms with E-state index in [4.69, 9.17) is 9.47 Å². The van der Waals surface area contributed by atoms with Gasteiger partial charge in [0.2, 0.25) is 0 Å². The Bertz CT molecular complexity index is 466. The van der Waals surface area contributed by atoms with Crippen molar-refractivity contribution in [3.63, 3.8) is 0 Å². The zero-order valence-corrected chi connectivity index (χ0v) is 18.7. The Morgan fingerprint density at radius 2 is 1.25 bits per heavy atom. The molecule has 0 aliphatic carbocycles. The number of hydrogen-bond acceptors (Lipinski definition) is 5. The molecule has 0 saturated heterocycles. The molecule has 0 radical (unpaired) electrons. The lowest BCUT2D eigenvalue weighted by Crippen LogP contribution is -2.41. The molecule has 1 N–H and O–H groups in total. The molecule has 0 aliphatic rings. The number of nitrogens with one attached hydrogen (secondary N) is 1. The Kier molecular flexibility index (Phi) is 14.5. The molecule has 164 valence electrons. The molecule has 0 rings (SSSR count). The third-order valence-electron chi connectivity index (χ3n) is 5.01. The lowest BCUT2D eigenvalue weighted by atomic mass is 10.00. The molecule has 0 fully saturated rings. The van der Waals surface area contributed by atoms with E-state index in [9.17, 15) is 14.4 Å². The Morgan fingerprint density at radius 1 is 0.786 bits per heavy atom. The minimum atomic E-state index is -0.862. The number of amides is 1. The molecule has 0 heterocycles. The van der Waals surface area contributed by atoms with Gasteiger partial charge in [-0.2, -0.15) is 0 Å². The summed E-state index contributed by atoms with van der Waals surface area (Å²) in [5.74, 6) is -1.16. The number of ether oxygens (including phenoxy) is 2. The van der Waals surface area contributed by atoms with Crippen LogP contribution < -0.4 is 5.32 Å². The zero-order valence-electron chi connectivity index (χ0n) is 18.7. The Balaban J connectivity index is 4.36. The molecule has 6 nitrogen and oxygen atoms in total. The highest BCUT2D eigenvalue weighted by Crippen LogP contribution is 2.16. The number of rotatable bonds is 15. The summed E-state index contributed by atoms with van der Waals surface area (Å²) in [7, 11) is 0. The number of hydrogen-bond donors (Lipinski definition) is 1. The van der Waals surface area contributed by atoms with E-state index in [1.807, 2.05) is 13.8 Å². The molecule has 6 heteroatoms. The van der Waals surface area contributed by atoms with E-state index in [-0.39, 0.29) is 36.2 Å². The third-order valence-corrected chi connectivity index (χ3v) is 5.01. The lowest BCUT2D eigenvalue weighted by molar-refractivity contribution is -0.159. The van der Waals surface area contributed by atoms with Crippen molar-refractivity contribution in [1.29, 1.82) is 0 Å². The monoisotopic (exact) mass is 399 g/mol. The first kappa shape index (κ1) is 26.4. The molecule has 0 aromatic heterocycles. The van der Waals surface area contributed by atoms with Crippen molar-refractivity contribution >= 4 is 17.8 Å². The fourth-order valence-corrected chi connectivity index (χ4v) is 2.93. The van der Waals surface area contributed by atoms with Crippen LogP contribution in [0.5, 0.6) is 0 Å². The van der Waals surface area contributed by atoms with Gasteiger partial charge in [-0.25, -0.2) is 0 Å². The van der Waals surface area contributed by atoms with E-state index < -0.39 is 12.2 Å². The average molecular weight is 400 g/mol. The molecule has 0 aromatic rings. The number of carbonyl (C=O) groups is 3. The summed E-state index contributed by atoms with van der Waals surface area (Å²) in [5, 5.41) is 2.70. The zero-order chi connectivity index (χ0) is 21.5. The maximum atomic E-state index is 12.2. The predicted molar refractivity (Wildman–Crippen MR) is 111 cm³/mol. The summed E-state index contributed by atoms with van der Waals surface area (Å²) in [6.07, 6.45) is 5.81. The van der Waals surface area contributed by atoms with Crippen LogP contribution >= 0.6 is 0 Å². The van der Waals surface area contributed by atoms with E-state index in [0.29, 0.717) is 6.42 Å². The summed E-state index contributed by atoms with van der Waals surface area (Å²) >= 11 is 0. The van der Waals surface area contributed by atoms with Crippen molar-refractivity contribution in [1.82, 2.24) is 5.32 Å². The third kappa shape index (κ3) is 10.7. The van der Waals surface area contributed by atoms with Gasteiger partial charge in [-0.3, -0.25) is 14.4 Å². The van der Waals surface area contributed by atoms with Crippen LogP contribution in [0.15, 0.2) is 0 Å². The highest BCUT2D eigenvalue weighted by molar-refractivity contribution is 5.84. The summed E-state index contributed by atoms with van der Waals surface area (Å²) in [6, 6.07) is 0. The van der Waals surface area contributed by atoms with E-state index in [1.54, 1.807) is 13.8 Å². The molecule has 28 heavy (non-hydrogen) atoms. The lowest BCUT2D eigenvalue weighted by Gasteiger charge is -2.21. The number of esters is 2. The predicted octanol–water partition coefficient (Wildman–Crippen LogP) is 4.40. The topological polar surface area (TPSA) is 81.7 Å². The highest BCUT2D eigenvalue weighted by Gasteiger charge is 2.24. The normalized spacial score (nSPS) is 15.2. The van der Waals surface area contributed by atoms with E-state index in [0.717, 1.165) is 44.9 Å². The second-order valence-electron chi connectivity index (χ2n) is 7.57. The molecule has 1 amide bonds. The summed E-state index contributed by atoms with van der Waals surface area (Å²) < 4.78 is 10.8. The minimum absolute atomic E-state index is 0.0907. The van der Waals surface area contributed by atoms with Crippen molar-refractivity contribution < 1.29 is 23.9 Å². The molecule has 0 aliphatic heterocycles. The van der Waals surface area contributed by atoms with Gasteiger partial charge in [-0.05, 0) is 39.5 Å². The second kappa shape index (κ2) is 15.3. The van der Waals surface area contributed by atoms with Crippen LogP contribution in [0.2, 0.25) is 0 Å². The summed E-state index contributed by atoms with van der Waals surface area (Å²) in [5.41, 5.74) is 0. The van der Waals surface area contributed by atoms with Crippen LogP contribution in [0.4, 0.5) is 0 Å². The van der Waals surface area contributed by atoms with Crippen molar-refractivity contribution in [2.24, 2.45) is 11.8 Å². The Hall–Kier alpha value is -1.59. The van der Waals surface area contributed by atoms with Gasteiger partial charge in [0, 0.05) is 0 Å². The van der Waals surface area contributed by atoms with E-state index >= 15 is 0 Å². The first-order chi connectivity index (χ1) is 13.3. The van der Waals surface area contributed by atoms with Gasteiger partial charge < -0.3 is 14.8 Å². The van der Waals surface area contributed by atoms with Gasteiger partial charge in [0.15, 0.2) is 6.10 Å². The smallest absolute Gasteiger partial charge is 0.309 e. The second-order valence-corrected chi connectivity index (χ2v) is 7.57. The van der Waals surface area contributed by atoms with Gasteiger partial charge in [-0.15, -0.1) is 0 Å². The van der Waals surface area contributed by atoms with Gasteiger partial charge in [-0.1, -0.05) is 53.4 Å². The number of carbonyl (C=O) groups excluding carboxylic acids is 3. The first-order valence-corrected chi connectivity index (χ1v) is 11.0. The van der Waals surface area contributed by atoms with Crippen LogP contribution in [0.25, 0.3) is 0 Å². The fraction of sp³-hybridized carbons (Fsp3) is 0.864. The summed E-state index contributed by atoms with van der Waals surface area (Å²) in [4.78, 5) is 36.6. The quantitative estimate of drug-likeness (QED) is 0.413. The van der Waals surface area contributed by atoms with Gasteiger partial charge in [0.25, 0.3) is 5.91 Å². The molecule has 4 atom stereocenters. The van der Waals surface area contributed by atoms with Crippen molar-refractivity contribution in [3.05, 3.63) is 0 Å². The maximum Gasteiger partial charge on any atom is 0.309 e. The number of unbranched alkanes of at least 4 members (excludes halogenated alkanes) is 2. The maximum absolute atomic E-state index is 12.2. The van der Waals surface area contributed by atoms with Crippen LogP contribution in [-0.4, -0.2) is 36.6 Å². The molecule has 0 aromatic carbocycles. The van der Waals surface area contributed by atoms with Gasteiger partial charge in [0.1, 0.15) is 6.10 Å². The summed E-state index contributed by atoms with van der Waals surface area (Å²) in [6.45, 7) is 11.6. The molecular formula is C22H41NO5. The molecule has 0 saturated carbocycles. The molecule has 0 spiro atoms. The van der Waals surface area contributed by atoms with Crippen LogP contribution in [0.3, 0.4) is 0 Å². The van der Waals surface area contributed by atoms with Crippen LogP contribution in [0, 0.1) is 11.8 Å². The van der Waals surface area contributed by atoms with Crippen molar-refractivity contribution in [2.45, 2.75) is 105 Å². The first-order valence-electron chi connectivity index (χ1n) is 11.0. The van der Waals surface area contributed by atoms with Gasteiger partial charge in [0.05, 0.1) is 18.4 Å². The van der Waals surface area contributed by atoms with Crippen molar-refractivity contribution in [3.8, 4) is 0 Å². The molecule has 0 bridgehead atoms. The van der Waals surface area contributed by atoms with Gasteiger partial charge >= 0.3 is 11.9 Å². The Morgan fingerprint density at radius 3 is 1.68 bits per heavy atom. The Labute approximate surface area is 171 Å². The van der Waals surface area contributed by atoms with E-state index in [1.165, 1.54) is 0 Å². The van der Waals surface area contributed by atoms with Crippen LogP contribution in [0.1, 0.15) is 92.9 Å². The molecular weight excluding hydrogens is 358 g/mol. The average Bonchev–Trinajstić information content (AvgIpc) is 2.67. The fourth-order valence-electron chi connectivity index (χ4n) is 2.93. The van der Waals surface area contributed by atoms with Crippen LogP contribution in [-0.2, 0) is 23.9 Å².